The Kier molecular flexibility index (Phi) is 2.90. The van der Waals surface area contributed by atoms with Gasteiger partial charge in [0.2, 0.25) is 0 Å². The molecule has 0 amide bonds. The molecule has 0 saturated heterocycles. The number of rotatable bonds is 3. The monoisotopic (exact) mass is 269 g/mol. The van der Waals surface area contributed by atoms with Gasteiger partial charge in [0.1, 0.15) is 0 Å². The first-order chi connectivity index (χ1) is 8.28. The number of nitrogens with zero attached hydrogens (tertiary/aromatic N) is 2. The summed E-state index contributed by atoms with van der Waals surface area (Å²) < 4.78 is 22.2. The van der Waals surface area contributed by atoms with Crippen LogP contribution in [0.15, 0.2) is 28.5 Å². The Labute approximate surface area is 106 Å². The van der Waals surface area contributed by atoms with Crippen molar-refractivity contribution in [3.63, 3.8) is 0 Å². The van der Waals surface area contributed by atoms with Crippen molar-refractivity contribution in [1.29, 1.82) is 0 Å². The summed E-state index contributed by atoms with van der Waals surface area (Å²) >= 11 is 0. The van der Waals surface area contributed by atoms with Gasteiger partial charge in [-0.3, -0.25) is 0 Å². The van der Waals surface area contributed by atoms with Crippen molar-refractivity contribution in [3.05, 3.63) is 23.9 Å². The molecule has 1 aliphatic rings. The second-order valence-electron chi connectivity index (χ2n) is 5.06. The molecule has 0 bridgehead atoms. The lowest BCUT2D eigenvalue weighted by atomic mass is 10.1. The fraction of sp³-hybridized carbons (Fsp3) is 0.455. The highest BCUT2D eigenvalue weighted by Gasteiger charge is 2.57. The summed E-state index contributed by atoms with van der Waals surface area (Å²) in [5, 5.41) is 16.5. The second-order valence-corrected chi connectivity index (χ2v) is 6.57. The maximum absolute atomic E-state index is 11.1. The van der Waals surface area contributed by atoms with E-state index in [4.69, 9.17) is 10.3 Å². The highest BCUT2D eigenvalue weighted by molar-refractivity contribution is 7.89. The van der Waals surface area contributed by atoms with E-state index in [1.165, 1.54) is 18.5 Å². The minimum absolute atomic E-state index is 0.0168. The summed E-state index contributed by atoms with van der Waals surface area (Å²) in [5.74, 6) is 0.306. The predicted molar refractivity (Wildman–Crippen MR) is 65.9 cm³/mol. The van der Waals surface area contributed by atoms with Crippen molar-refractivity contribution >= 4 is 16.2 Å². The molecule has 0 aliphatic heterocycles. The number of oxime groups is 1. The molecular formula is C11H15N3O3S. The first kappa shape index (κ1) is 13.0. The van der Waals surface area contributed by atoms with E-state index in [0.29, 0.717) is 0 Å². The van der Waals surface area contributed by atoms with E-state index in [0.717, 1.165) is 5.56 Å². The summed E-state index contributed by atoms with van der Waals surface area (Å²) in [6.45, 7) is 4.11. The largest absolute Gasteiger partial charge is 0.411 e. The van der Waals surface area contributed by atoms with E-state index in [1.807, 2.05) is 0 Å². The number of sulfonamides is 1. The maximum Gasteiger partial charge on any atom is 0.255 e. The molecule has 1 aromatic heterocycles. The van der Waals surface area contributed by atoms with Gasteiger partial charge in [0, 0.05) is 18.3 Å². The van der Waals surface area contributed by atoms with Gasteiger partial charge < -0.3 is 5.21 Å². The molecule has 1 aliphatic carbocycles. The zero-order valence-corrected chi connectivity index (χ0v) is 10.9. The molecule has 1 fully saturated rings. The quantitative estimate of drug-likeness (QED) is 0.483. The molecule has 18 heavy (non-hydrogen) atoms. The zero-order valence-electron chi connectivity index (χ0n) is 10.1. The molecule has 0 aromatic carbocycles. The molecule has 2 rings (SSSR count). The van der Waals surface area contributed by atoms with E-state index in [2.05, 4.69) is 24.0 Å². The van der Waals surface area contributed by atoms with Gasteiger partial charge >= 0.3 is 0 Å². The van der Waals surface area contributed by atoms with Crippen LogP contribution in [-0.4, -0.2) is 24.8 Å². The minimum atomic E-state index is -3.75. The Morgan fingerprint density at radius 1 is 1.50 bits per heavy atom. The van der Waals surface area contributed by atoms with Crippen LogP contribution in [0.5, 0.6) is 0 Å². The van der Waals surface area contributed by atoms with Crippen molar-refractivity contribution in [3.8, 4) is 0 Å². The van der Waals surface area contributed by atoms with Crippen molar-refractivity contribution in [2.24, 2.45) is 21.6 Å². The number of aromatic nitrogens is 1. The minimum Gasteiger partial charge on any atom is -0.411 e. The molecule has 0 radical (unpaired) electrons. The second kappa shape index (κ2) is 4.03. The Morgan fingerprint density at radius 2 is 2.17 bits per heavy atom. The van der Waals surface area contributed by atoms with Crippen molar-refractivity contribution in [2.75, 3.05) is 0 Å². The number of hydrogen-bond donors (Lipinski definition) is 2. The van der Waals surface area contributed by atoms with Gasteiger partial charge in [0.15, 0.2) is 5.03 Å². The van der Waals surface area contributed by atoms with Crippen molar-refractivity contribution in [2.45, 2.75) is 24.8 Å². The third-order valence-electron chi connectivity index (χ3n) is 3.55. The first-order valence-electron chi connectivity index (χ1n) is 5.45. The van der Waals surface area contributed by atoms with Crippen LogP contribution in [0.1, 0.15) is 25.3 Å². The van der Waals surface area contributed by atoms with E-state index >= 15 is 0 Å². The summed E-state index contributed by atoms with van der Waals surface area (Å²) in [5.41, 5.74) is 0.897. The highest BCUT2D eigenvalue weighted by atomic mass is 32.2. The molecule has 6 nitrogen and oxygen atoms in total. The molecule has 1 heterocycles. The van der Waals surface area contributed by atoms with Crippen LogP contribution in [0, 0.1) is 11.3 Å². The number of hydrogen-bond acceptors (Lipinski definition) is 5. The van der Waals surface area contributed by atoms with Crippen molar-refractivity contribution < 1.29 is 13.6 Å². The van der Waals surface area contributed by atoms with Gasteiger partial charge in [-0.15, -0.1) is 5.16 Å². The predicted octanol–water partition coefficient (Wildman–Crippen LogP) is 0.929. The first-order valence-corrected chi connectivity index (χ1v) is 6.99. The van der Waals surface area contributed by atoms with Gasteiger partial charge in [0.05, 0.1) is 0 Å². The topological polar surface area (TPSA) is 106 Å². The van der Waals surface area contributed by atoms with Crippen LogP contribution in [-0.2, 0) is 10.0 Å². The fourth-order valence-electron chi connectivity index (χ4n) is 2.41. The average molecular weight is 269 g/mol. The van der Waals surface area contributed by atoms with E-state index in [-0.39, 0.29) is 22.3 Å². The Hall–Kier alpha value is -1.47. The van der Waals surface area contributed by atoms with Crippen molar-refractivity contribution in [1.82, 2.24) is 4.98 Å². The Bertz CT molecular complexity index is 578. The smallest absolute Gasteiger partial charge is 0.255 e. The third kappa shape index (κ3) is 2.11. The summed E-state index contributed by atoms with van der Waals surface area (Å²) in [6.07, 6.45) is 3.01. The highest BCUT2D eigenvalue weighted by Crippen LogP contribution is 2.63. The summed E-state index contributed by atoms with van der Waals surface area (Å²) in [7, 11) is -3.75. The van der Waals surface area contributed by atoms with Gasteiger partial charge in [-0.2, -0.15) is 0 Å². The lowest BCUT2D eigenvalue weighted by Gasteiger charge is -2.03. The molecule has 1 aromatic rings. The van der Waals surface area contributed by atoms with Crippen LogP contribution in [0.4, 0.5) is 0 Å². The molecule has 0 spiro atoms. The van der Waals surface area contributed by atoms with Crippen LogP contribution in [0.3, 0.4) is 0 Å². The van der Waals surface area contributed by atoms with E-state index < -0.39 is 10.0 Å². The van der Waals surface area contributed by atoms with Crippen LogP contribution in [0.25, 0.3) is 0 Å². The zero-order chi connectivity index (χ0) is 13.6. The lowest BCUT2D eigenvalue weighted by Crippen LogP contribution is -2.13. The average Bonchev–Trinajstić information content (AvgIpc) is 2.80. The Balaban J connectivity index is 2.27. The van der Waals surface area contributed by atoms with Gasteiger partial charge in [-0.25, -0.2) is 18.5 Å². The third-order valence-corrected chi connectivity index (χ3v) is 4.37. The van der Waals surface area contributed by atoms with Gasteiger partial charge in [-0.05, 0) is 23.0 Å². The molecule has 7 heteroatoms. The van der Waals surface area contributed by atoms with Crippen LogP contribution < -0.4 is 5.14 Å². The maximum atomic E-state index is 11.1. The normalized spacial score (nSPS) is 26.4. The van der Waals surface area contributed by atoms with E-state index in [1.54, 1.807) is 6.07 Å². The number of pyridine rings is 1. The van der Waals surface area contributed by atoms with Crippen LogP contribution in [0.2, 0.25) is 0 Å². The van der Waals surface area contributed by atoms with Gasteiger partial charge in [-0.1, -0.05) is 19.9 Å². The molecule has 1 unspecified atom stereocenters. The molecule has 98 valence electrons. The molecule has 1 saturated carbocycles. The number of nitrogens with two attached hydrogens (primary N) is 1. The van der Waals surface area contributed by atoms with Crippen LogP contribution >= 0.6 is 0 Å². The van der Waals surface area contributed by atoms with E-state index in [9.17, 15) is 8.42 Å². The summed E-state index contributed by atoms with van der Waals surface area (Å²) in [4.78, 5) is 3.85. The number of primary sulfonamides is 1. The standard InChI is InChI=1S/C11H15N3O3S/c1-11(2)8(6-14-15)10(11)7-3-4-9(13-5-7)18(12,16)17/h3-6,8,10,15H,1-2H3,(H2,12,16,17)/t8?,10-/m0/s1. The molecule has 3 N–H and O–H groups in total. The summed E-state index contributed by atoms with van der Waals surface area (Å²) in [6, 6.07) is 3.09. The lowest BCUT2D eigenvalue weighted by molar-refractivity contribution is 0.319. The molecule has 2 atom stereocenters. The molecular weight excluding hydrogens is 254 g/mol. The SMILES string of the molecule is CC1(C)C(C=NO)[C@@H]1c1ccc(S(N)(=O)=O)nc1. The Morgan fingerprint density at radius 3 is 2.61 bits per heavy atom. The fourth-order valence-corrected chi connectivity index (χ4v) is 2.87. The van der Waals surface area contributed by atoms with Gasteiger partial charge in [0.25, 0.3) is 10.0 Å².